The zero-order valence-electron chi connectivity index (χ0n) is 13.3. The molecule has 0 radical (unpaired) electrons. The minimum Gasteiger partial charge on any atom is -0.444 e. The van der Waals surface area contributed by atoms with E-state index in [1.807, 2.05) is 0 Å². The fourth-order valence-electron chi connectivity index (χ4n) is 2.11. The van der Waals surface area contributed by atoms with Gasteiger partial charge in [0.15, 0.2) is 0 Å². The maximum Gasteiger partial charge on any atom is 0.407 e. The fraction of sp³-hybridized carbons (Fsp3) is 0.846. The van der Waals surface area contributed by atoms with Gasteiger partial charge in [-0.3, -0.25) is 4.79 Å². The second kappa shape index (κ2) is 6.80. The molecule has 2 atom stereocenters. The summed E-state index contributed by atoms with van der Waals surface area (Å²) in [4.78, 5) is 24.5. The Labute approximate surface area is 130 Å². The molecule has 22 heavy (non-hydrogen) atoms. The van der Waals surface area contributed by atoms with Crippen LogP contribution in [0.5, 0.6) is 0 Å². The van der Waals surface area contributed by atoms with Gasteiger partial charge in [-0.05, 0) is 26.7 Å². The molecule has 0 bridgehead atoms. The van der Waals surface area contributed by atoms with Gasteiger partial charge in [-0.2, -0.15) is 8.42 Å². The van der Waals surface area contributed by atoms with Crippen LogP contribution < -0.4 is 5.32 Å². The number of alkyl carbamates (subject to hydrolysis) is 1. The number of ether oxygens (including phenoxy) is 1. The van der Waals surface area contributed by atoms with Crippen LogP contribution in [-0.4, -0.2) is 55.8 Å². The molecule has 7 nitrogen and oxygen atoms in total. The highest BCUT2D eigenvalue weighted by atomic mass is 32.3. The first-order valence-electron chi connectivity index (χ1n) is 7.06. The summed E-state index contributed by atoms with van der Waals surface area (Å²) in [6.07, 6.45) is -0.887. The van der Waals surface area contributed by atoms with Crippen molar-refractivity contribution in [3.8, 4) is 0 Å². The van der Waals surface area contributed by atoms with Crippen LogP contribution in [0.2, 0.25) is 0 Å². The van der Waals surface area contributed by atoms with Crippen molar-refractivity contribution in [2.24, 2.45) is 5.92 Å². The van der Waals surface area contributed by atoms with Gasteiger partial charge in [0.25, 0.3) is 0 Å². The van der Waals surface area contributed by atoms with E-state index in [9.17, 15) is 21.9 Å². The fourth-order valence-corrected chi connectivity index (χ4v) is 2.81. The molecule has 0 aromatic rings. The second-order valence-corrected chi connectivity index (χ2v) is 8.21. The predicted octanol–water partition coefficient (Wildman–Crippen LogP) is 1.05. The summed E-state index contributed by atoms with van der Waals surface area (Å²) in [5.74, 6) is -0.507. The van der Waals surface area contributed by atoms with Gasteiger partial charge in [-0.1, -0.05) is 6.92 Å². The van der Waals surface area contributed by atoms with Crippen LogP contribution in [0.1, 0.15) is 34.1 Å². The Morgan fingerprint density at radius 3 is 2.55 bits per heavy atom. The van der Waals surface area contributed by atoms with Gasteiger partial charge in [0.2, 0.25) is 5.91 Å². The smallest absolute Gasteiger partial charge is 0.407 e. The topological polar surface area (TPSA) is 92.8 Å². The second-order valence-electron chi connectivity index (χ2n) is 6.59. The molecule has 1 N–H and O–H groups in total. The van der Waals surface area contributed by atoms with Crippen molar-refractivity contribution in [1.82, 2.24) is 10.2 Å². The quantitative estimate of drug-likeness (QED) is 0.756. The summed E-state index contributed by atoms with van der Waals surface area (Å²) < 4.78 is 39.7. The summed E-state index contributed by atoms with van der Waals surface area (Å²) in [7, 11) is -4.70. The molecule has 1 saturated heterocycles. The molecule has 0 spiro atoms. The maximum atomic E-state index is 12.9. The number of hydrogen-bond donors (Lipinski definition) is 1. The van der Waals surface area contributed by atoms with Crippen molar-refractivity contribution < 1.29 is 26.6 Å². The molecule has 9 heteroatoms. The molecule has 2 amide bonds. The monoisotopic (exact) mass is 338 g/mol. The minimum atomic E-state index is -4.70. The number of rotatable bonds is 5. The summed E-state index contributed by atoms with van der Waals surface area (Å²) in [6, 6.07) is 0. The molecule has 1 aliphatic heterocycles. The SMILES string of the molecule is CC(CNC(=O)OC(C)(C)C)CN1CC(S(=O)(=O)F)CC1=O. The van der Waals surface area contributed by atoms with Gasteiger partial charge in [0.1, 0.15) is 10.9 Å². The summed E-state index contributed by atoms with van der Waals surface area (Å²) in [5.41, 5.74) is -0.596. The lowest BCUT2D eigenvalue weighted by Crippen LogP contribution is -2.39. The van der Waals surface area contributed by atoms with Crippen molar-refractivity contribution in [2.45, 2.75) is 45.0 Å². The lowest BCUT2D eigenvalue weighted by Gasteiger charge is -2.23. The third-order valence-electron chi connectivity index (χ3n) is 3.10. The van der Waals surface area contributed by atoms with Crippen LogP contribution in [0.15, 0.2) is 0 Å². The van der Waals surface area contributed by atoms with Crippen LogP contribution >= 0.6 is 0 Å². The van der Waals surface area contributed by atoms with Crippen LogP contribution in [0.3, 0.4) is 0 Å². The maximum absolute atomic E-state index is 12.9. The number of likely N-dealkylation sites (tertiary alicyclic amines) is 1. The first-order valence-corrected chi connectivity index (χ1v) is 8.51. The molecule has 0 aliphatic carbocycles. The van der Waals surface area contributed by atoms with Crippen LogP contribution in [0, 0.1) is 5.92 Å². The third kappa shape index (κ3) is 6.17. The average molecular weight is 338 g/mol. The minimum absolute atomic E-state index is 0.113. The Balaban J connectivity index is 2.41. The predicted molar refractivity (Wildman–Crippen MR) is 78.4 cm³/mol. The van der Waals surface area contributed by atoms with Crippen molar-refractivity contribution in [2.75, 3.05) is 19.6 Å². The van der Waals surface area contributed by atoms with Crippen LogP contribution in [0.25, 0.3) is 0 Å². The molecular formula is C13H23FN2O5S. The van der Waals surface area contributed by atoms with E-state index in [0.29, 0.717) is 0 Å². The molecule has 0 saturated carbocycles. The zero-order valence-corrected chi connectivity index (χ0v) is 14.1. The van der Waals surface area contributed by atoms with E-state index >= 15 is 0 Å². The van der Waals surface area contributed by atoms with Gasteiger partial charge in [-0.15, -0.1) is 3.89 Å². The highest BCUT2D eigenvalue weighted by molar-refractivity contribution is 7.87. The number of hydrogen-bond acceptors (Lipinski definition) is 5. The van der Waals surface area contributed by atoms with E-state index in [0.717, 1.165) is 0 Å². The van der Waals surface area contributed by atoms with Gasteiger partial charge in [-0.25, -0.2) is 4.79 Å². The molecular weight excluding hydrogens is 315 g/mol. The average Bonchev–Trinajstić information content (AvgIpc) is 2.66. The normalized spacial score (nSPS) is 20.9. The lowest BCUT2D eigenvalue weighted by molar-refractivity contribution is -0.128. The molecule has 1 fully saturated rings. The van der Waals surface area contributed by atoms with Crippen molar-refractivity contribution in [1.29, 1.82) is 0 Å². The van der Waals surface area contributed by atoms with Crippen molar-refractivity contribution in [3.05, 3.63) is 0 Å². The number of nitrogens with one attached hydrogen (secondary N) is 1. The molecule has 0 aromatic heterocycles. The molecule has 1 heterocycles. The highest BCUT2D eigenvalue weighted by Crippen LogP contribution is 2.20. The first kappa shape index (κ1) is 18.7. The molecule has 128 valence electrons. The molecule has 0 aromatic carbocycles. The van der Waals surface area contributed by atoms with E-state index in [1.54, 1.807) is 27.7 Å². The molecule has 1 aliphatic rings. The number of carbonyl (C=O) groups excluding carboxylic acids is 2. The van der Waals surface area contributed by atoms with Crippen molar-refractivity contribution >= 4 is 22.2 Å². The summed E-state index contributed by atoms with van der Waals surface area (Å²) >= 11 is 0. The molecule has 1 rings (SSSR count). The zero-order chi connectivity index (χ0) is 17.1. The number of halogens is 1. The van der Waals surface area contributed by atoms with Crippen LogP contribution in [-0.2, 0) is 19.8 Å². The largest absolute Gasteiger partial charge is 0.444 e. The van der Waals surface area contributed by atoms with E-state index < -0.39 is 33.1 Å². The lowest BCUT2D eigenvalue weighted by atomic mass is 10.1. The van der Waals surface area contributed by atoms with Gasteiger partial charge >= 0.3 is 16.3 Å². The van der Waals surface area contributed by atoms with E-state index in [1.165, 1.54) is 4.90 Å². The van der Waals surface area contributed by atoms with Crippen LogP contribution in [0.4, 0.5) is 8.68 Å². The Bertz CT molecular complexity index is 529. The van der Waals surface area contributed by atoms with E-state index in [2.05, 4.69) is 5.32 Å². The summed E-state index contributed by atoms with van der Waals surface area (Å²) in [5, 5.41) is 1.29. The summed E-state index contributed by atoms with van der Waals surface area (Å²) in [6.45, 7) is 7.41. The standard InChI is InChI=1S/C13H23FN2O5S/c1-9(6-15-12(18)21-13(2,3)4)7-16-8-10(5-11(16)17)22(14,19)20/h9-10H,5-8H2,1-4H3,(H,15,18). The van der Waals surface area contributed by atoms with E-state index in [-0.39, 0.29) is 32.0 Å². The Morgan fingerprint density at radius 1 is 1.50 bits per heavy atom. The number of carbonyl (C=O) groups is 2. The third-order valence-corrected chi connectivity index (χ3v) is 4.22. The molecule has 2 unspecified atom stereocenters. The highest BCUT2D eigenvalue weighted by Gasteiger charge is 2.38. The van der Waals surface area contributed by atoms with Gasteiger partial charge in [0.05, 0.1) is 0 Å². The van der Waals surface area contributed by atoms with Gasteiger partial charge < -0.3 is 15.0 Å². The first-order chi connectivity index (χ1) is 9.88. The number of amides is 2. The Hall–Kier alpha value is -1.38. The Morgan fingerprint density at radius 2 is 2.09 bits per heavy atom. The Kier molecular flexibility index (Phi) is 5.77. The number of nitrogens with zero attached hydrogens (tertiary/aromatic N) is 1. The van der Waals surface area contributed by atoms with Gasteiger partial charge in [0, 0.05) is 26.1 Å². The van der Waals surface area contributed by atoms with E-state index in [4.69, 9.17) is 4.74 Å². The van der Waals surface area contributed by atoms with Crippen molar-refractivity contribution in [3.63, 3.8) is 0 Å².